The van der Waals surface area contributed by atoms with E-state index >= 15 is 0 Å². The number of nitrogens with zero attached hydrogens (tertiary/aromatic N) is 3. The second-order valence-electron chi connectivity index (χ2n) is 6.42. The molecule has 30 heavy (non-hydrogen) atoms. The van der Waals surface area contributed by atoms with E-state index in [4.69, 9.17) is 27.9 Å². The van der Waals surface area contributed by atoms with Crippen LogP contribution in [0.4, 0.5) is 5.95 Å². The van der Waals surface area contributed by atoms with E-state index in [2.05, 4.69) is 15.4 Å². The number of thiophene rings is 1. The van der Waals surface area contributed by atoms with Crippen molar-refractivity contribution >= 4 is 46.4 Å². The van der Waals surface area contributed by atoms with Crippen LogP contribution in [0.15, 0.2) is 66.3 Å². The lowest BCUT2D eigenvalue weighted by Gasteiger charge is -2.04. The number of rotatable bonds is 7. The van der Waals surface area contributed by atoms with Crippen LogP contribution >= 0.6 is 34.5 Å². The van der Waals surface area contributed by atoms with E-state index in [9.17, 15) is 4.79 Å². The SMILES string of the molecule is O=C(Nc1ncn(Cc2cccc(Cl)c2)n1)c1cc(COc2cccc(Cl)c2)cs1. The van der Waals surface area contributed by atoms with E-state index in [0.717, 1.165) is 11.1 Å². The quantitative estimate of drug-likeness (QED) is 0.395. The Labute approximate surface area is 187 Å². The number of benzene rings is 2. The molecule has 2 aromatic carbocycles. The van der Waals surface area contributed by atoms with Gasteiger partial charge in [0.15, 0.2) is 0 Å². The van der Waals surface area contributed by atoms with Crippen molar-refractivity contribution in [2.24, 2.45) is 0 Å². The van der Waals surface area contributed by atoms with Gasteiger partial charge in [0, 0.05) is 15.6 Å². The zero-order chi connectivity index (χ0) is 20.9. The van der Waals surface area contributed by atoms with Gasteiger partial charge in [-0.15, -0.1) is 16.4 Å². The number of ether oxygens (including phenoxy) is 1. The lowest BCUT2D eigenvalue weighted by molar-refractivity contribution is 0.102. The van der Waals surface area contributed by atoms with Crippen molar-refractivity contribution in [1.82, 2.24) is 14.8 Å². The molecule has 0 fully saturated rings. The summed E-state index contributed by atoms with van der Waals surface area (Å²) in [6.45, 7) is 0.851. The van der Waals surface area contributed by atoms with E-state index in [1.54, 1.807) is 29.2 Å². The Hall–Kier alpha value is -2.87. The topological polar surface area (TPSA) is 69.0 Å². The van der Waals surface area contributed by atoms with Crippen LogP contribution in [-0.2, 0) is 13.2 Å². The van der Waals surface area contributed by atoms with Gasteiger partial charge in [0.05, 0.1) is 11.4 Å². The molecule has 2 aromatic heterocycles. The molecule has 1 amide bonds. The third-order valence-corrected chi connectivity index (χ3v) is 5.52. The second-order valence-corrected chi connectivity index (χ2v) is 8.20. The van der Waals surface area contributed by atoms with E-state index in [0.29, 0.717) is 33.8 Å². The maximum atomic E-state index is 12.5. The van der Waals surface area contributed by atoms with Crippen LogP contribution in [0.2, 0.25) is 10.0 Å². The molecule has 4 rings (SSSR count). The zero-order valence-corrected chi connectivity index (χ0v) is 17.9. The molecule has 0 aliphatic carbocycles. The van der Waals surface area contributed by atoms with E-state index < -0.39 is 0 Å². The second kappa shape index (κ2) is 9.30. The van der Waals surface area contributed by atoms with Crippen molar-refractivity contribution in [3.05, 3.63) is 92.4 Å². The average Bonchev–Trinajstić information content (AvgIpc) is 3.36. The van der Waals surface area contributed by atoms with Crippen LogP contribution in [-0.4, -0.2) is 20.7 Å². The van der Waals surface area contributed by atoms with Crippen molar-refractivity contribution < 1.29 is 9.53 Å². The minimum atomic E-state index is -0.269. The summed E-state index contributed by atoms with van der Waals surface area (Å²) in [7, 11) is 0. The molecule has 0 spiro atoms. The molecule has 0 aliphatic heterocycles. The number of hydrogen-bond donors (Lipinski definition) is 1. The highest BCUT2D eigenvalue weighted by Gasteiger charge is 2.12. The third-order valence-electron chi connectivity index (χ3n) is 4.07. The molecule has 9 heteroatoms. The first kappa shape index (κ1) is 20.4. The molecule has 0 saturated heterocycles. The molecule has 0 radical (unpaired) electrons. The fourth-order valence-corrected chi connectivity index (χ4v) is 3.89. The van der Waals surface area contributed by atoms with Crippen molar-refractivity contribution in [2.75, 3.05) is 5.32 Å². The molecule has 152 valence electrons. The summed E-state index contributed by atoms with van der Waals surface area (Å²) in [6, 6.07) is 16.5. The summed E-state index contributed by atoms with van der Waals surface area (Å²) in [4.78, 5) is 17.2. The van der Waals surface area contributed by atoms with Gasteiger partial charge in [-0.2, -0.15) is 0 Å². The van der Waals surface area contributed by atoms with Gasteiger partial charge >= 0.3 is 0 Å². The maximum Gasteiger partial charge on any atom is 0.268 e. The van der Waals surface area contributed by atoms with Crippen LogP contribution in [0.5, 0.6) is 5.75 Å². The maximum absolute atomic E-state index is 12.5. The summed E-state index contributed by atoms with van der Waals surface area (Å²) < 4.78 is 7.34. The van der Waals surface area contributed by atoms with Crippen molar-refractivity contribution in [2.45, 2.75) is 13.2 Å². The highest BCUT2D eigenvalue weighted by Crippen LogP contribution is 2.21. The minimum Gasteiger partial charge on any atom is -0.489 e. The van der Waals surface area contributed by atoms with E-state index in [-0.39, 0.29) is 11.9 Å². The summed E-state index contributed by atoms with van der Waals surface area (Å²) in [5.74, 6) is 0.649. The summed E-state index contributed by atoms with van der Waals surface area (Å²) >= 11 is 13.3. The number of anilines is 1. The van der Waals surface area contributed by atoms with Crippen LogP contribution in [0.25, 0.3) is 0 Å². The molecule has 4 aromatic rings. The molecule has 0 aliphatic rings. The lowest BCUT2D eigenvalue weighted by Crippen LogP contribution is -2.12. The summed E-state index contributed by atoms with van der Waals surface area (Å²) in [5.41, 5.74) is 1.89. The Bertz CT molecular complexity index is 1180. The smallest absolute Gasteiger partial charge is 0.268 e. The number of carbonyl (C=O) groups is 1. The van der Waals surface area contributed by atoms with Gasteiger partial charge in [-0.3, -0.25) is 10.1 Å². The van der Waals surface area contributed by atoms with E-state index in [1.807, 2.05) is 41.8 Å². The molecule has 6 nitrogen and oxygen atoms in total. The molecular formula is C21H16Cl2N4O2S. The van der Waals surface area contributed by atoms with Crippen LogP contribution in [0.3, 0.4) is 0 Å². The first-order chi connectivity index (χ1) is 14.5. The van der Waals surface area contributed by atoms with Crippen LogP contribution in [0.1, 0.15) is 20.8 Å². The molecule has 0 atom stereocenters. The van der Waals surface area contributed by atoms with Gasteiger partial charge in [-0.05, 0) is 47.3 Å². The monoisotopic (exact) mass is 458 g/mol. The molecule has 0 unspecified atom stereocenters. The molecule has 2 heterocycles. The normalized spacial score (nSPS) is 10.7. The van der Waals surface area contributed by atoms with Gasteiger partial charge in [0.2, 0.25) is 5.95 Å². The zero-order valence-electron chi connectivity index (χ0n) is 15.6. The third kappa shape index (κ3) is 5.38. The van der Waals surface area contributed by atoms with Gasteiger partial charge in [0.25, 0.3) is 5.91 Å². The fraction of sp³-hybridized carbons (Fsp3) is 0.0952. The van der Waals surface area contributed by atoms with Gasteiger partial charge < -0.3 is 4.74 Å². The number of amides is 1. The Morgan fingerprint density at radius 3 is 2.67 bits per heavy atom. The first-order valence-electron chi connectivity index (χ1n) is 8.96. The average molecular weight is 459 g/mol. The van der Waals surface area contributed by atoms with Gasteiger partial charge in [0.1, 0.15) is 18.7 Å². The van der Waals surface area contributed by atoms with Crippen LogP contribution in [0, 0.1) is 0 Å². The Morgan fingerprint density at radius 1 is 1.07 bits per heavy atom. The number of hydrogen-bond acceptors (Lipinski definition) is 5. The molecule has 0 saturated carbocycles. The standard InChI is InChI=1S/C21H16Cl2N4O2S/c22-16-4-1-3-14(7-16)10-27-13-24-21(26-27)25-20(28)19-8-15(12-30-19)11-29-18-6-2-5-17(23)9-18/h1-9,12-13H,10-11H2,(H,25,26,28). The van der Waals surface area contributed by atoms with Gasteiger partial charge in [-0.25, -0.2) is 9.67 Å². The van der Waals surface area contributed by atoms with Crippen molar-refractivity contribution in [3.63, 3.8) is 0 Å². The molecule has 1 N–H and O–H groups in total. The predicted molar refractivity (Wildman–Crippen MR) is 119 cm³/mol. The highest BCUT2D eigenvalue weighted by atomic mass is 35.5. The Kier molecular flexibility index (Phi) is 6.32. The number of halogens is 2. The van der Waals surface area contributed by atoms with Crippen LogP contribution < -0.4 is 10.1 Å². The van der Waals surface area contributed by atoms with Gasteiger partial charge in [-0.1, -0.05) is 41.4 Å². The largest absolute Gasteiger partial charge is 0.489 e. The summed E-state index contributed by atoms with van der Waals surface area (Å²) in [5, 5.41) is 10.2. The number of nitrogens with one attached hydrogen (secondary N) is 1. The highest BCUT2D eigenvalue weighted by molar-refractivity contribution is 7.12. The number of aromatic nitrogens is 3. The summed E-state index contributed by atoms with van der Waals surface area (Å²) in [6.07, 6.45) is 1.56. The molecule has 0 bridgehead atoms. The van der Waals surface area contributed by atoms with Crippen molar-refractivity contribution in [3.8, 4) is 5.75 Å². The Balaban J connectivity index is 1.34. The minimum absolute atomic E-state index is 0.243. The lowest BCUT2D eigenvalue weighted by atomic mass is 10.2. The Morgan fingerprint density at radius 2 is 1.87 bits per heavy atom. The van der Waals surface area contributed by atoms with E-state index in [1.165, 1.54) is 11.3 Å². The predicted octanol–water partition coefficient (Wildman–Crippen LogP) is 5.53. The first-order valence-corrected chi connectivity index (χ1v) is 10.6. The number of carbonyl (C=O) groups excluding carboxylic acids is 1. The molecular weight excluding hydrogens is 443 g/mol. The van der Waals surface area contributed by atoms with Crippen molar-refractivity contribution in [1.29, 1.82) is 0 Å². The fourth-order valence-electron chi connectivity index (χ4n) is 2.71.